The molecule has 1 unspecified atom stereocenters. The van der Waals surface area contributed by atoms with Crippen LogP contribution in [0.1, 0.15) is 11.6 Å². The number of benzene rings is 1. The Balaban J connectivity index is 2.02. The molecule has 0 aliphatic carbocycles. The Morgan fingerprint density at radius 1 is 1.24 bits per heavy atom. The van der Waals surface area contributed by atoms with Crippen LogP contribution in [0, 0.1) is 0 Å². The van der Waals surface area contributed by atoms with Crippen LogP contribution in [-0.4, -0.2) is 33.9 Å². The summed E-state index contributed by atoms with van der Waals surface area (Å²) in [6, 6.07) is 7.84. The van der Waals surface area contributed by atoms with Gasteiger partial charge in [-0.2, -0.15) is 0 Å². The van der Waals surface area contributed by atoms with Gasteiger partial charge in [-0.15, -0.1) is 0 Å². The molecule has 2 aromatic rings. The molecule has 0 radical (unpaired) electrons. The zero-order valence-corrected chi connectivity index (χ0v) is 12.7. The van der Waals surface area contributed by atoms with Crippen LogP contribution in [0.2, 0.25) is 0 Å². The molecule has 6 nitrogen and oxygen atoms in total. The van der Waals surface area contributed by atoms with Crippen LogP contribution in [-0.2, 0) is 4.79 Å². The fraction of sp³-hybridized carbons (Fsp3) is 0.143. The van der Waals surface area contributed by atoms with Gasteiger partial charge in [-0.25, -0.2) is 19.7 Å². The van der Waals surface area contributed by atoms with Gasteiger partial charge in [0.2, 0.25) is 0 Å². The normalized spacial score (nSPS) is 18.5. The molecule has 1 saturated heterocycles. The fourth-order valence-electron chi connectivity index (χ4n) is 2.32. The molecule has 1 aromatic carbocycles. The van der Waals surface area contributed by atoms with Gasteiger partial charge in [-0.05, 0) is 23.8 Å². The summed E-state index contributed by atoms with van der Waals surface area (Å²) in [5, 5.41) is 0. The van der Waals surface area contributed by atoms with E-state index in [4.69, 9.17) is 0 Å². The zero-order valence-electron chi connectivity index (χ0n) is 11.1. The van der Waals surface area contributed by atoms with E-state index in [0.717, 1.165) is 14.9 Å². The number of amides is 3. The Kier molecular flexibility index (Phi) is 3.42. The van der Waals surface area contributed by atoms with Gasteiger partial charge in [0, 0.05) is 17.7 Å². The van der Waals surface area contributed by atoms with E-state index in [2.05, 4.69) is 25.9 Å². The minimum absolute atomic E-state index is 0.282. The highest BCUT2D eigenvalue weighted by Crippen LogP contribution is 2.32. The molecular formula is C14H11BrN4O2. The molecular weight excluding hydrogens is 336 g/mol. The number of urea groups is 1. The molecule has 1 atom stereocenters. The van der Waals surface area contributed by atoms with Gasteiger partial charge in [0.25, 0.3) is 5.91 Å². The second kappa shape index (κ2) is 5.25. The number of imide groups is 1. The molecule has 21 heavy (non-hydrogen) atoms. The average Bonchev–Trinajstić information content (AvgIpc) is 2.70. The van der Waals surface area contributed by atoms with Crippen LogP contribution in [0.25, 0.3) is 0 Å². The maximum Gasteiger partial charge on any atom is 0.333 e. The molecule has 0 saturated carbocycles. The number of aromatic nitrogens is 2. The van der Waals surface area contributed by atoms with E-state index in [1.54, 1.807) is 7.05 Å². The van der Waals surface area contributed by atoms with Crippen LogP contribution >= 0.6 is 15.9 Å². The number of carbonyl (C=O) groups excluding carboxylic acids is 2. The number of carbonyl (C=O) groups is 2. The number of likely N-dealkylation sites (N-methyl/N-ethyl adjacent to an activating group) is 1. The second-order valence-electron chi connectivity index (χ2n) is 4.59. The molecule has 0 bridgehead atoms. The van der Waals surface area contributed by atoms with Crippen molar-refractivity contribution in [1.82, 2.24) is 14.9 Å². The van der Waals surface area contributed by atoms with Gasteiger partial charge >= 0.3 is 6.03 Å². The van der Waals surface area contributed by atoms with E-state index in [1.165, 1.54) is 23.5 Å². The summed E-state index contributed by atoms with van der Waals surface area (Å²) >= 11 is 3.38. The van der Waals surface area contributed by atoms with Crippen molar-refractivity contribution in [3.05, 3.63) is 52.9 Å². The van der Waals surface area contributed by atoms with Gasteiger partial charge in [0.15, 0.2) is 0 Å². The number of rotatable bonds is 2. The first-order chi connectivity index (χ1) is 10.1. The topological polar surface area (TPSA) is 66.4 Å². The third kappa shape index (κ3) is 2.29. The van der Waals surface area contributed by atoms with Crippen LogP contribution in [0.5, 0.6) is 0 Å². The third-order valence-corrected chi connectivity index (χ3v) is 3.79. The molecule has 3 amide bonds. The SMILES string of the molecule is CN1C(=O)N(c2ccncn2)C(=O)C1c1cccc(Br)c1. The van der Waals surface area contributed by atoms with Gasteiger partial charge in [0.1, 0.15) is 18.2 Å². The lowest BCUT2D eigenvalue weighted by molar-refractivity contribution is -0.119. The van der Waals surface area contributed by atoms with Crippen molar-refractivity contribution in [2.24, 2.45) is 0 Å². The predicted octanol–water partition coefficient (Wildman–Crippen LogP) is 2.38. The summed E-state index contributed by atoms with van der Waals surface area (Å²) in [5.74, 6) is -0.0383. The van der Waals surface area contributed by atoms with Crippen molar-refractivity contribution in [3.63, 3.8) is 0 Å². The monoisotopic (exact) mass is 346 g/mol. The molecule has 0 spiro atoms. The molecule has 2 heterocycles. The van der Waals surface area contributed by atoms with Crippen molar-refractivity contribution < 1.29 is 9.59 Å². The van der Waals surface area contributed by atoms with E-state index in [9.17, 15) is 9.59 Å². The first-order valence-corrected chi connectivity index (χ1v) is 7.01. The Morgan fingerprint density at radius 2 is 2.05 bits per heavy atom. The van der Waals surface area contributed by atoms with Crippen LogP contribution in [0.4, 0.5) is 10.6 Å². The maximum atomic E-state index is 12.6. The molecule has 1 aliphatic heterocycles. The van der Waals surface area contributed by atoms with Crippen molar-refractivity contribution in [2.45, 2.75) is 6.04 Å². The van der Waals surface area contributed by atoms with E-state index in [0.29, 0.717) is 0 Å². The van der Waals surface area contributed by atoms with E-state index < -0.39 is 12.1 Å². The minimum Gasteiger partial charge on any atom is -0.311 e. The number of anilines is 1. The van der Waals surface area contributed by atoms with E-state index >= 15 is 0 Å². The standard InChI is InChI=1S/C14H11BrN4O2/c1-18-12(9-3-2-4-10(15)7-9)13(20)19(14(18)21)11-5-6-16-8-17-11/h2-8,12H,1H3. The lowest BCUT2D eigenvalue weighted by Gasteiger charge is -2.16. The first-order valence-electron chi connectivity index (χ1n) is 6.22. The zero-order chi connectivity index (χ0) is 15.0. The van der Waals surface area contributed by atoms with Crippen molar-refractivity contribution >= 4 is 33.7 Å². The molecule has 3 rings (SSSR count). The summed E-state index contributed by atoms with van der Waals surface area (Å²) in [5.41, 5.74) is 0.752. The summed E-state index contributed by atoms with van der Waals surface area (Å²) in [4.78, 5) is 35.2. The molecule has 1 aromatic heterocycles. The predicted molar refractivity (Wildman–Crippen MR) is 79.6 cm³/mol. The van der Waals surface area contributed by atoms with Gasteiger partial charge in [-0.3, -0.25) is 4.79 Å². The summed E-state index contributed by atoms with van der Waals surface area (Å²) in [6.45, 7) is 0. The number of nitrogens with zero attached hydrogens (tertiary/aromatic N) is 4. The van der Waals surface area contributed by atoms with Crippen molar-refractivity contribution in [2.75, 3.05) is 11.9 Å². The van der Waals surface area contributed by atoms with E-state index in [-0.39, 0.29) is 11.7 Å². The summed E-state index contributed by atoms with van der Waals surface area (Å²) in [7, 11) is 1.60. The van der Waals surface area contributed by atoms with Crippen LogP contribution in [0.15, 0.2) is 47.3 Å². The number of hydrogen-bond acceptors (Lipinski definition) is 4. The Bertz CT molecular complexity index is 707. The molecule has 7 heteroatoms. The van der Waals surface area contributed by atoms with Crippen molar-refractivity contribution in [3.8, 4) is 0 Å². The number of hydrogen-bond donors (Lipinski definition) is 0. The van der Waals surface area contributed by atoms with Gasteiger partial charge in [0.05, 0.1) is 0 Å². The summed E-state index contributed by atoms with van der Waals surface area (Å²) < 4.78 is 0.856. The molecule has 0 N–H and O–H groups in total. The maximum absolute atomic E-state index is 12.6. The Hall–Kier alpha value is -2.28. The van der Waals surface area contributed by atoms with E-state index in [1.807, 2.05) is 24.3 Å². The molecule has 1 aliphatic rings. The van der Waals surface area contributed by atoms with Gasteiger partial charge < -0.3 is 4.90 Å². The fourth-order valence-corrected chi connectivity index (χ4v) is 2.74. The van der Waals surface area contributed by atoms with Crippen molar-refractivity contribution in [1.29, 1.82) is 0 Å². The average molecular weight is 347 g/mol. The second-order valence-corrected chi connectivity index (χ2v) is 5.51. The highest BCUT2D eigenvalue weighted by Gasteiger charge is 2.45. The van der Waals surface area contributed by atoms with Crippen LogP contribution in [0.3, 0.4) is 0 Å². The summed E-state index contributed by atoms with van der Waals surface area (Å²) in [6.07, 6.45) is 2.80. The molecule has 1 fully saturated rings. The largest absolute Gasteiger partial charge is 0.333 e. The number of halogens is 1. The molecule has 106 valence electrons. The smallest absolute Gasteiger partial charge is 0.311 e. The lowest BCUT2D eigenvalue weighted by atomic mass is 10.1. The van der Waals surface area contributed by atoms with Gasteiger partial charge in [-0.1, -0.05) is 28.1 Å². The Labute approximate surface area is 129 Å². The lowest BCUT2D eigenvalue weighted by Crippen LogP contribution is -2.32. The minimum atomic E-state index is -0.648. The third-order valence-electron chi connectivity index (χ3n) is 3.29. The van der Waals surface area contributed by atoms with Crippen LogP contribution < -0.4 is 4.90 Å². The Morgan fingerprint density at radius 3 is 2.71 bits per heavy atom. The first kappa shape index (κ1) is 13.7. The quantitative estimate of drug-likeness (QED) is 0.783. The highest BCUT2D eigenvalue weighted by atomic mass is 79.9. The highest BCUT2D eigenvalue weighted by molar-refractivity contribution is 9.10.